The SMILES string of the molecule is COC(=O)c1ccc([C@H]2Nc3ccc(Cl)cc3[C@@H]3OCCC[C@H]23)c(C)c1. The molecule has 0 radical (unpaired) electrons. The third kappa shape index (κ3) is 2.97. The van der Waals surface area contributed by atoms with Gasteiger partial charge in [-0.3, -0.25) is 0 Å². The van der Waals surface area contributed by atoms with Crippen molar-refractivity contribution in [1.82, 2.24) is 0 Å². The number of anilines is 1. The Kier molecular flexibility index (Phi) is 4.63. The van der Waals surface area contributed by atoms with Crippen LogP contribution in [-0.2, 0) is 9.47 Å². The summed E-state index contributed by atoms with van der Waals surface area (Å²) < 4.78 is 11.0. The molecule has 1 fully saturated rings. The first-order valence-electron chi connectivity index (χ1n) is 8.95. The van der Waals surface area contributed by atoms with Gasteiger partial charge in [-0.2, -0.15) is 0 Å². The molecule has 0 amide bonds. The van der Waals surface area contributed by atoms with E-state index in [1.165, 1.54) is 12.7 Å². The normalized spacial score (nSPS) is 24.2. The first-order chi connectivity index (χ1) is 12.6. The lowest BCUT2D eigenvalue weighted by Crippen LogP contribution is -2.36. The van der Waals surface area contributed by atoms with Crippen LogP contribution in [0.5, 0.6) is 0 Å². The second kappa shape index (κ2) is 6.93. The van der Waals surface area contributed by atoms with Gasteiger partial charge in [-0.05, 0) is 61.2 Å². The Labute approximate surface area is 158 Å². The second-order valence-electron chi connectivity index (χ2n) is 7.01. The first-order valence-corrected chi connectivity index (χ1v) is 9.32. The quantitative estimate of drug-likeness (QED) is 0.749. The van der Waals surface area contributed by atoms with Crippen molar-refractivity contribution in [2.75, 3.05) is 19.0 Å². The molecule has 5 heteroatoms. The zero-order valence-electron chi connectivity index (χ0n) is 14.9. The van der Waals surface area contributed by atoms with E-state index in [0.29, 0.717) is 11.5 Å². The van der Waals surface area contributed by atoms with Gasteiger partial charge >= 0.3 is 5.97 Å². The molecule has 2 aliphatic heterocycles. The highest BCUT2D eigenvalue weighted by molar-refractivity contribution is 6.30. The number of carbonyl (C=O) groups is 1. The monoisotopic (exact) mass is 371 g/mol. The van der Waals surface area contributed by atoms with Gasteiger partial charge in [0.05, 0.1) is 24.8 Å². The Morgan fingerprint density at radius 2 is 2.08 bits per heavy atom. The number of esters is 1. The van der Waals surface area contributed by atoms with Gasteiger partial charge < -0.3 is 14.8 Å². The van der Waals surface area contributed by atoms with E-state index in [4.69, 9.17) is 21.1 Å². The van der Waals surface area contributed by atoms with Crippen LogP contribution in [0.2, 0.25) is 5.02 Å². The maximum Gasteiger partial charge on any atom is 0.337 e. The Bertz CT molecular complexity index is 851. The molecule has 0 spiro atoms. The van der Waals surface area contributed by atoms with E-state index in [2.05, 4.69) is 5.32 Å². The molecule has 2 aliphatic rings. The highest BCUT2D eigenvalue weighted by atomic mass is 35.5. The third-order valence-electron chi connectivity index (χ3n) is 5.45. The van der Waals surface area contributed by atoms with Crippen LogP contribution in [0.15, 0.2) is 36.4 Å². The van der Waals surface area contributed by atoms with Crippen LogP contribution in [-0.4, -0.2) is 19.7 Å². The first kappa shape index (κ1) is 17.4. The number of ether oxygens (including phenoxy) is 2. The van der Waals surface area contributed by atoms with E-state index >= 15 is 0 Å². The average Bonchev–Trinajstić information content (AvgIpc) is 2.67. The molecule has 3 atom stereocenters. The highest BCUT2D eigenvalue weighted by Gasteiger charge is 2.40. The summed E-state index contributed by atoms with van der Waals surface area (Å²) in [4.78, 5) is 11.8. The van der Waals surface area contributed by atoms with Crippen molar-refractivity contribution in [2.45, 2.75) is 31.9 Å². The lowest BCUT2D eigenvalue weighted by atomic mass is 9.76. The summed E-state index contributed by atoms with van der Waals surface area (Å²) >= 11 is 6.22. The van der Waals surface area contributed by atoms with E-state index in [0.717, 1.165) is 41.3 Å². The molecule has 1 saturated heterocycles. The van der Waals surface area contributed by atoms with Gasteiger partial charge in [-0.25, -0.2) is 4.79 Å². The van der Waals surface area contributed by atoms with Gasteiger partial charge in [0, 0.05) is 28.8 Å². The van der Waals surface area contributed by atoms with Crippen LogP contribution in [0.25, 0.3) is 0 Å². The minimum absolute atomic E-state index is 0.0448. The van der Waals surface area contributed by atoms with E-state index < -0.39 is 0 Å². The molecule has 136 valence electrons. The molecule has 2 aromatic rings. The predicted molar refractivity (Wildman–Crippen MR) is 102 cm³/mol. The number of rotatable bonds is 2. The molecule has 0 aromatic heterocycles. The molecule has 4 nitrogen and oxygen atoms in total. The number of fused-ring (bicyclic) bond motifs is 3. The molecular formula is C21H22ClNO3. The van der Waals surface area contributed by atoms with Gasteiger partial charge in [-0.15, -0.1) is 0 Å². The second-order valence-corrected chi connectivity index (χ2v) is 7.45. The molecule has 0 saturated carbocycles. The number of methoxy groups -OCH3 is 1. The molecule has 0 unspecified atom stereocenters. The Morgan fingerprint density at radius 1 is 1.23 bits per heavy atom. The maximum absolute atomic E-state index is 11.8. The fraction of sp³-hybridized carbons (Fsp3) is 0.381. The van der Waals surface area contributed by atoms with Crippen LogP contribution in [0.3, 0.4) is 0 Å². The van der Waals surface area contributed by atoms with Crippen molar-refractivity contribution >= 4 is 23.3 Å². The van der Waals surface area contributed by atoms with Gasteiger partial charge in [0.15, 0.2) is 0 Å². The van der Waals surface area contributed by atoms with Crippen molar-refractivity contribution in [3.8, 4) is 0 Å². The lowest BCUT2D eigenvalue weighted by molar-refractivity contribution is -0.0381. The minimum atomic E-state index is -0.310. The van der Waals surface area contributed by atoms with Crippen LogP contribution in [0.4, 0.5) is 5.69 Å². The summed E-state index contributed by atoms with van der Waals surface area (Å²) in [6.45, 7) is 2.82. The van der Waals surface area contributed by atoms with Crippen molar-refractivity contribution in [3.63, 3.8) is 0 Å². The summed E-state index contributed by atoms with van der Waals surface area (Å²) in [5.74, 6) is 0.0208. The van der Waals surface area contributed by atoms with E-state index in [9.17, 15) is 4.79 Å². The van der Waals surface area contributed by atoms with Crippen LogP contribution in [0, 0.1) is 12.8 Å². The topological polar surface area (TPSA) is 47.6 Å². The summed E-state index contributed by atoms with van der Waals surface area (Å²) in [5.41, 5.74) is 5.06. The third-order valence-corrected chi connectivity index (χ3v) is 5.69. The van der Waals surface area contributed by atoms with Gasteiger partial charge in [0.1, 0.15) is 0 Å². The molecule has 26 heavy (non-hydrogen) atoms. The van der Waals surface area contributed by atoms with Crippen LogP contribution in [0.1, 0.15) is 52.0 Å². The largest absolute Gasteiger partial charge is 0.465 e. The van der Waals surface area contributed by atoms with Crippen molar-refractivity contribution in [1.29, 1.82) is 0 Å². The summed E-state index contributed by atoms with van der Waals surface area (Å²) in [6.07, 6.45) is 2.18. The number of nitrogens with one attached hydrogen (secondary N) is 1. The van der Waals surface area contributed by atoms with Crippen LogP contribution >= 0.6 is 11.6 Å². The van der Waals surface area contributed by atoms with Gasteiger partial charge in [0.25, 0.3) is 0 Å². The zero-order chi connectivity index (χ0) is 18.3. The minimum Gasteiger partial charge on any atom is -0.465 e. The molecule has 2 heterocycles. The fourth-order valence-electron chi connectivity index (χ4n) is 4.22. The Morgan fingerprint density at radius 3 is 2.85 bits per heavy atom. The molecule has 0 aliphatic carbocycles. The summed E-state index contributed by atoms with van der Waals surface area (Å²) in [6, 6.07) is 11.9. The zero-order valence-corrected chi connectivity index (χ0v) is 15.7. The number of aryl methyl sites for hydroxylation is 1. The number of hydrogen-bond acceptors (Lipinski definition) is 4. The van der Waals surface area contributed by atoms with Gasteiger partial charge in [0.2, 0.25) is 0 Å². The summed E-state index contributed by atoms with van der Waals surface area (Å²) in [7, 11) is 1.40. The fourth-order valence-corrected chi connectivity index (χ4v) is 4.40. The van der Waals surface area contributed by atoms with Crippen molar-refractivity contribution in [2.24, 2.45) is 5.92 Å². The van der Waals surface area contributed by atoms with E-state index in [1.54, 1.807) is 0 Å². The Balaban J connectivity index is 1.74. The molecule has 4 rings (SSSR count). The smallest absolute Gasteiger partial charge is 0.337 e. The van der Waals surface area contributed by atoms with E-state index in [-0.39, 0.29) is 18.1 Å². The van der Waals surface area contributed by atoms with Crippen molar-refractivity contribution < 1.29 is 14.3 Å². The summed E-state index contributed by atoms with van der Waals surface area (Å²) in [5, 5.41) is 4.42. The lowest BCUT2D eigenvalue weighted by Gasteiger charge is -2.43. The number of carbonyl (C=O) groups excluding carboxylic acids is 1. The van der Waals surface area contributed by atoms with Gasteiger partial charge in [-0.1, -0.05) is 17.7 Å². The highest BCUT2D eigenvalue weighted by Crippen LogP contribution is 2.50. The molecular weight excluding hydrogens is 350 g/mol. The van der Waals surface area contributed by atoms with Crippen molar-refractivity contribution in [3.05, 3.63) is 63.7 Å². The average molecular weight is 372 g/mol. The standard InChI is InChI=1S/C21H22ClNO3/c1-12-10-13(21(24)25-2)5-7-15(12)19-16-4-3-9-26-20(16)17-11-14(22)6-8-18(17)23-19/h5-8,10-11,16,19-20,23H,3-4,9H2,1-2H3/t16-,19-,20-/m1/s1. The molecule has 1 N–H and O–H groups in total. The maximum atomic E-state index is 11.8. The number of hydrogen-bond donors (Lipinski definition) is 1. The van der Waals surface area contributed by atoms with Crippen LogP contribution < -0.4 is 5.32 Å². The number of halogens is 1. The number of benzene rings is 2. The molecule has 2 aromatic carbocycles. The predicted octanol–water partition coefficient (Wildman–Crippen LogP) is 5.07. The Hall–Kier alpha value is -2.04. The molecule has 0 bridgehead atoms. The van der Waals surface area contributed by atoms with E-state index in [1.807, 2.05) is 43.3 Å².